The van der Waals surface area contributed by atoms with E-state index < -0.39 is 0 Å². The molecule has 0 unspecified atom stereocenters. The van der Waals surface area contributed by atoms with E-state index in [4.69, 9.17) is 16.7 Å². The summed E-state index contributed by atoms with van der Waals surface area (Å²) < 4.78 is 3.54. The Morgan fingerprint density at radius 1 is 1.26 bits per heavy atom. The van der Waals surface area contributed by atoms with Crippen LogP contribution in [-0.2, 0) is 6.54 Å². The van der Waals surface area contributed by atoms with Crippen LogP contribution in [0.1, 0.15) is 19.9 Å². The minimum absolute atomic E-state index is 0.0445. The van der Waals surface area contributed by atoms with Crippen LogP contribution in [0.2, 0.25) is 5.02 Å². The lowest BCUT2D eigenvalue weighted by molar-refractivity contribution is 0.269. The lowest BCUT2D eigenvalue weighted by Gasteiger charge is -2.07. The van der Waals surface area contributed by atoms with Gasteiger partial charge in [-0.15, -0.1) is 0 Å². The van der Waals surface area contributed by atoms with Crippen LogP contribution in [0.25, 0.3) is 22.8 Å². The highest BCUT2D eigenvalue weighted by atomic mass is 35.5. The third kappa shape index (κ3) is 3.13. The summed E-state index contributed by atoms with van der Waals surface area (Å²) in [4.78, 5) is 4.66. The van der Waals surface area contributed by atoms with Crippen LogP contribution in [0.3, 0.4) is 0 Å². The van der Waals surface area contributed by atoms with Crippen molar-refractivity contribution in [2.24, 2.45) is 0 Å². The number of hydrogen-bond donors (Lipinski definition) is 1. The van der Waals surface area contributed by atoms with E-state index in [2.05, 4.69) is 15.2 Å². The number of benzene rings is 1. The maximum absolute atomic E-state index is 9.02. The highest BCUT2D eigenvalue weighted by Crippen LogP contribution is 2.28. The summed E-state index contributed by atoms with van der Waals surface area (Å²) in [5, 5.41) is 18.5. The van der Waals surface area contributed by atoms with Crippen LogP contribution < -0.4 is 0 Å². The normalized spacial score (nSPS) is 11.3. The largest absolute Gasteiger partial charge is 0.394 e. The number of rotatable bonds is 5. The molecule has 0 aliphatic rings. The smallest absolute Gasteiger partial charge is 0.183 e. The molecule has 7 heteroatoms. The molecular formula is C16H18ClN5O. The molecule has 0 bridgehead atoms. The van der Waals surface area contributed by atoms with Crippen LogP contribution in [0.5, 0.6) is 0 Å². The zero-order valence-corrected chi connectivity index (χ0v) is 13.8. The van der Waals surface area contributed by atoms with Crippen LogP contribution in [0, 0.1) is 0 Å². The van der Waals surface area contributed by atoms with Gasteiger partial charge in [0.05, 0.1) is 29.9 Å². The Bertz CT molecular complexity index is 808. The van der Waals surface area contributed by atoms with Gasteiger partial charge < -0.3 is 5.11 Å². The van der Waals surface area contributed by atoms with E-state index in [1.165, 1.54) is 0 Å². The SMILES string of the molecule is CC(C)n1nc(-c2ccccc2Cl)nc1-c1cnn(CCO)c1. The molecule has 3 rings (SSSR count). The van der Waals surface area contributed by atoms with Crippen molar-refractivity contribution in [3.05, 3.63) is 41.7 Å². The van der Waals surface area contributed by atoms with Gasteiger partial charge in [0.25, 0.3) is 0 Å². The Balaban J connectivity index is 2.07. The van der Waals surface area contributed by atoms with Crippen LogP contribution in [-0.4, -0.2) is 36.3 Å². The molecule has 0 aliphatic heterocycles. The van der Waals surface area contributed by atoms with E-state index in [-0.39, 0.29) is 12.6 Å². The fourth-order valence-corrected chi connectivity index (χ4v) is 2.56. The number of aliphatic hydroxyl groups excluding tert-OH is 1. The van der Waals surface area contributed by atoms with Gasteiger partial charge in [-0.25, -0.2) is 9.67 Å². The molecule has 0 fully saturated rings. The molecule has 2 heterocycles. The van der Waals surface area contributed by atoms with Crippen molar-refractivity contribution in [3.8, 4) is 22.8 Å². The lowest BCUT2D eigenvalue weighted by atomic mass is 10.2. The van der Waals surface area contributed by atoms with Crippen molar-refractivity contribution in [2.45, 2.75) is 26.4 Å². The first kappa shape index (κ1) is 15.7. The van der Waals surface area contributed by atoms with E-state index in [1.807, 2.05) is 49.0 Å². The zero-order valence-electron chi connectivity index (χ0n) is 13.0. The second kappa shape index (κ2) is 6.52. The van der Waals surface area contributed by atoms with Gasteiger partial charge in [-0.2, -0.15) is 10.2 Å². The quantitative estimate of drug-likeness (QED) is 0.780. The summed E-state index contributed by atoms with van der Waals surface area (Å²) in [6.07, 6.45) is 3.59. The lowest BCUT2D eigenvalue weighted by Crippen LogP contribution is -2.05. The number of nitrogens with zero attached hydrogens (tertiary/aromatic N) is 5. The Hall–Kier alpha value is -2.18. The molecule has 0 atom stereocenters. The van der Waals surface area contributed by atoms with E-state index in [0.29, 0.717) is 17.4 Å². The average Bonchev–Trinajstić information content (AvgIpc) is 3.14. The van der Waals surface area contributed by atoms with Crippen LogP contribution >= 0.6 is 11.6 Å². The number of aromatic nitrogens is 5. The van der Waals surface area contributed by atoms with E-state index in [1.54, 1.807) is 10.9 Å². The monoisotopic (exact) mass is 331 g/mol. The van der Waals surface area contributed by atoms with Crippen LogP contribution in [0.15, 0.2) is 36.7 Å². The Morgan fingerprint density at radius 3 is 2.74 bits per heavy atom. The molecular weight excluding hydrogens is 314 g/mol. The van der Waals surface area contributed by atoms with Gasteiger partial charge >= 0.3 is 0 Å². The van der Waals surface area contributed by atoms with Gasteiger partial charge in [-0.05, 0) is 26.0 Å². The molecule has 0 saturated carbocycles. The third-order valence-electron chi connectivity index (χ3n) is 3.46. The van der Waals surface area contributed by atoms with Gasteiger partial charge in [-0.3, -0.25) is 4.68 Å². The molecule has 3 aromatic rings. The first-order valence-corrected chi connectivity index (χ1v) is 7.83. The first-order chi connectivity index (χ1) is 11.1. The minimum atomic E-state index is 0.0445. The predicted octanol–water partition coefficient (Wildman–Crippen LogP) is 3.04. The van der Waals surface area contributed by atoms with Gasteiger partial charge in [0, 0.05) is 17.8 Å². The molecule has 6 nitrogen and oxygen atoms in total. The van der Waals surface area contributed by atoms with Crippen molar-refractivity contribution < 1.29 is 5.11 Å². The second-order valence-electron chi connectivity index (χ2n) is 5.49. The highest BCUT2D eigenvalue weighted by molar-refractivity contribution is 6.33. The molecule has 0 saturated heterocycles. The average molecular weight is 332 g/mol. The standard InChI is InChI=1S/C16H18ClN5O/c1-11(2)22-16(12-9-18-21(10-12)7-8-23)19-15(20-22)13-5-3-4-6-14(13)17/h3-6,9-11,23H,7-8H2,1-2H3. The fourth-order valence-electron chi connectivity index (χ4n) is 2.34. The Labute approximate surface area is 139 Å². The predicted molar refractivity (Wildman–Crippen MR) is 89.2 cm³/mol. The summed E-state index contributed by atoms with van der Waals surface area (Å²) in [6.45, 7) is 4.59. The van der Waals surface area contributed by atoms with E-state index in [0.717, 1.165) is 17.0 Å². The van der Waals surface area contributed by atoms with E-state index in [9.17, 15) is 0 Å². The number of halogens is 1. The number of aliphatic hydroxyl groups is 1. The van der Waals surface area contributed by atoms with Crippen molar-refractivity contribution in [3.63, 3.8) is 0 Å². The molecule has 0 aliphatic carbocycles. The van der Waals surface area contributed by atoms with Gasteiger partial charge in [0.15, 0.2) is 11.6 Å². The van der Waals surface area contributed by atoms with Gasteiger partial charge in [0.1, 0.15) is 0 Å². The van der Waals surface area contributed by atoms with Crippen molar-refractivity contribution >= 4 is 11.6 Å². The summed E-state index contributed by atoms with van der Waals surface area (Å²) in [5.41, 5.74) is 1.66. The van der Waals surface area contributed by atoms with Gasteiger partial charge in [-0.1, -0.05) is 23.7 Å². The van der Waals surface area contributed by atoms with Crippen molar-refractivity contribution in [2.75, 3.05) is 6.61 Å². The Kier molecular flexibility index (Phi) is 4.45. The summed E-state index contributed by atoms with van der Waals surface area (Å²) in [7, 11) is 0. The second-order valence-corrected chi connectivity index (χ2v) is 5.90. The Morgan fingerprint density at radius 2 is 2.04 bits per heavy atom. The third-order valence-corrected chi connectivity index (χ3v) is 3.79. The maximum Gasteiger partial charge on any atom is 0.183 e. The highest BCUT2D eigenvalue weighted by Gasteiger charge is 2.18. The van der Waals surface area contributed by atoms with Crippen molar-refractivity contribution in [1.29, 1.82) is 0 Å². The minimum Gasteiger partial charge on any atom is -0.394 e. The topological polar surface area (TPSA) is 68.8 Å². The number of hydrogen-bond acceptors (Lipinski definition) is 4. The molecule has 120 valence electrons. The molecule has 23 heavy (non-hydrogen) atoms. The summed E-state index contributed by atoms with van der Waals surface area (Å²) in [6, 6.07) is 7.67. The van der Waals surface area contributed by atoms with Crippen LogP contribution in [0.4, 0.5) is 0 Å². The molecule has 1 aromatic carbocycles. The van der Waals surface area contributed by atoms with E-state index >= 15 is 0 Å². The zero-order chi connectivity index (χ0) is 16.4. The molecule has 0 amide bonds. The molecule has 0 spiro atoms. The van der Waals surface area contributed by atoms with Crippen molar-refractivity contribution in [1.82, 2.24) is 24.5 Å². The maximum atomic E-state index is 9.02. The van der Waals surface area contributed by atoms with Gasteiger partial charge in [0.2, 0.25) is 0 Å². The fraction of sp³-hybridized carbons (Fsp3) is 0.312. The molecule has 2 aromatic heterocycles. The first-order valence-electron chi connectivity index (χ1n) is 7.45. The summed E-state index contributed by atoms with van der Waals surface area (Å²) in [5.74, 6) is 1.33. The molecule has 0 radical (unpaired) electrons. The molecule has 1 N–H and O–H groups in total. The summed E-state index contributed by atoms with van der Waals surface area (Å²) >= 11 is 6.26.